The molecular weight excluding hydrogens is 523 g/mol. The van der Waals surface area contributed by atoms with E-state index in [4.69, 9.17) is 26.2 Å². The third-order valence-corrected chi connectivity index (χ3v) is 9.19. The predicted molar refractivity (Wildman–Crippen MR) is 143 cm³/mol. The van der Waals surface area contributed by atoms with Gasteiger partial charge in [0.15, 0.2) is 6.73 Å². The van der Waals surface area contributed by atoms with E-state index in [0.29, 0.717) is 24.6 Å². The summed E-state index contributed by atoms with van der Waals surface area (Å²) in [6, 6.07) is 10.7. The first-order chi connectivity index (χ1) is 18.8. The number of carboxylic acid groups (broad SMARTS) is 1. The summed E-state index contributed by atoms with van der Waals surface area (Å²) >= 11 is 6.18. The quantitative estimate of drug-likeness (QED) is 0.540. The summed E-state index contributed by atoms with van der Waals surface area (Å²) in [6.45, 7) is 3.02. The Hall–Kier alpha value is -2.68. The molecule has 0 bridgehead atoms. The van der Waals surface area contributed by atoms with E-state index >= 15 is 0 Å². The van der Waals surface area contributed by atoms with Gasteiger partial charge < -0.3 is 19.5 Å². The van der Waals surface area contributed by atoms with Crippen molar-refractivity contribution in [1.82, 2.24) is 9.80 Å². The maximum atomic E-state index is 14.1. The van der Waals surface area contributed by atoms with Crippen LogP contribution < -0.4 is 4.74 Å². The van der Waals surface area contributed by atoms with Gasteiger partial charge >= 0.3 is 5.97 Å². The number of amides is 1. The Morgan fingerprint density at radius 3 is 2.56 bits per heavy atom. The molecule has 7 nitrogen and oxygen atoms in total. The van der Waals surface area contributed by atoms with Crippen LogP contribution in [0.3, 0.4) is 0 Å². The van der Waals surface area contributed by atoms with Crippen LogP contribution in [-0.2, 0) is 27.3 Å². The Morgan fingerprint density at radius 2 is 1.87 bits per heavy atom. The summed E-state index contributed by atoms with van der Waals surface area (Å²) in [6.07, 6.45) is 5.19. The zero-order chi connectivity index (χ0) is 27.1. The zero-order valence-electron chi connectivity index (χ0n) is 21.9. The van der Waals surface area contributed by atoms with Crippen molar-refractivity contribution in [2.24, 2.45) is 5.92 Å². The van der Waals surface area contributed by atoms with Gasteiger partial charge in [-0.05, 0) is 98.8 Å². The molecule has 9 heteroatoms. The van der Waals surface area contributed by atoms with Crippen LogP contribution in [0.4, 0.5) is 4.39 Å². The molecule has 4 aliphatic rings. The fraction of sp³-hybridized carbons (Fsp3) is 0.533. The number of benzene rings is 2. The number of likely N-dealkylation sites (tertiary alicyclic amines) is 1. The topological polar surface area (TPSA) is 79.3 Å². The third kappa shape index (κ3) is 5.39. The van der Waals surface area contributed by atoms with E-state index in [9.17, 15) is 14.0 Å². The fourth-order valence-corrected chi connectivity index (χ4v) is 6.83. The Kier molecular flexibility index (Phi) is 7.29. The van der Waals surface area contributed by atoms with Crippen LogP contribution >= 0.6 is 11.6 Å². The van der Waals surface area contributed by atoms with Crippen molar-refractivity contribution in [3.8, 4) is 5.75 Å². The van der Waals surface area contributed by atoms with Crippen LogP contribution in [0.25, 0.3) is 0 Å². The van der Waals surface area contributed by atoms with Gasteiger partial charge in [0.25, 0.3) is 5.91 Å². The van der Waals surface area contributed by atoms with Crippen LogP contribution in [0, 0.1) is 11.7 Å². The molecule has 6 rings (SSSR count). The summed E-state index contributed by atoms with van der Waals surface area (Å²) in [5.41, 5.74) is 1.40. The average molecular weight is 557 g/mol. The number of ether oxygens (including phenoxy) is 2. The van der Waals surface area contributed by atoms with Gasteiger partial charge in [-0.25, -0.2) is 4.39 Å². The second-order valence-corrected chi connectivity index (χ2v) is 11.9. The van der Waals surface area contributed by atoms with Crippen molar-refractivity contribution >= 4 is 23.5 Å². The lowest BCUT2D eigenvalue weighted by Crippen LogP contribution is -2.59. The minimum absolute atomic E-state index is 0.0289. The monoisotopic (exact) mass is 556 g/mol. The fourth-order valence-electron chi connectivity index (χ4n) is 6.64. The minimum Gasteiger partial charge on any atom is -0.481 e. The highest BCUT2D eigenvalue weighted by Crippen LogP contribution is 2.48. The molecule has 39 heavy (non-hydrogen) atoms. The summed E-state index contributed by atoms with van der Waals surface area (Å²) < 4.78 is 26.5. The van der Waals surface area contributed by atoms with E-state index in [1.807, 2.05) is 12.1 Å². The number of nitrogens with zero attached hydrogens (tertiary/aromatic N) is 2. The molecule has 1 saturated carbocycles. The number of fused-ring (bicyclic) bond motifs is 1. The molecule has 1 N–H and O–H groups in total. The Bertz CT molecular complexity index is 1250. The standard InChI is InChI=1S/C30H34ClFN2O5/c31-24-4-6-27-22(14-24)16-34(18-38-27)29(37)30(23-2-3-23)10-7-25(17-39-30)33-11-8-19(9-12-33)20-1-5-26(32)21(13-20)15-28(35)36/h1,4-6,13-14,19,23,25H,2-3,7-12,15-18H2,(H,35,36)/t25-,30+/m1/s1. The van der Waals surface area contributed by atoms with Crippen LogP contribution in [0.5, 0.6) is 5.75 Å². The maximum Gasteiger partial charge on any atom is 0.307 e. The van der Waals surface area contributed by atoms with Gasteiger partial charge in [-0.2, -0.15) is 0 Å². The van der Waals surface area contributed by atoms with Crippen molar-refractivity contribution in [1.29, 1.82) is 0 Å². The van der Waals surface area contributed by atoms with E-state index in [1.54, 1.807) is 23.1 Å². The van der Waals surface area contributed by atoms with E-state index in [0.717, 1.165) is 62.1 Å². The molecule has 1 amide bonds. The predicted octanol–water partition coefficient (Wildman–Crippen LogP) is 4.99. The molecule has 2 aromatic rings. The Labute approximate surface area is 232 Å². The lowest BCUT2D eigenvalue weighted by Gasteiger charge is -2.46. The zero-order valence-corrected chi connectivity index (χ0v) is 22.7. The second kappa shape index (κ2) is 10.7. The molecule has 2 atom stereocenters. The molecule has 0 spiro atoms. The molecule has 2 aromatic carbocycles. The molecule has 3 fully saturated rings. The van der Waals surface area contributed by atoms with Crippen molar-refractivity contribution in [2.75, 3.05) is 26.4 Å². The lowest BCUT2D eigenvalue weighted by atomic mass is 9.83. The first-order valence-corrected chi connectivity index (χ1v) is 14.3. The number of hydrogen-bond donors (Lipinski definition) is 1. The number of piperidine rings is 1. The summed E-state index contributed by atoms with van der Waals surface area (Å²) in [7, 11) is 0. The van der Waals surface area contributed by atoms with E-state index in [2.05, 4.69) is 4.90 Å². The molecule has 3 aliphatic heterocycles. The molecule has 0 radical (unpaired) electrons. The van der Waals surface area contributed by atoms with Crippen molar-refractivity contribution in [3.63, 3.8) is 0 Å². The van der Waals surface area contributed by atoms with Gasteiger partial charge in [0.1, 0.15) is 17.2 Å². The van der Waals surface area contributed by atoms with Gasteiger partial charge in [-0.1, -0.05) is 23.7 Å². The van der Waals surface area contributed by atoms with Crippen molar-refractivity contribution in [2.45, 2.75) is 69.1 Å². The number of carbonyl (C=O) groups excluding carboxylic acids is 1. The SMILES string of the molecule is O=C(O)Cc1cc(C2CCN([C@@H]3CC[C@@](C(=O)N4COc5ccc(Cl)cc5C4)(C4CC4)OC3)CC2)ccc1F. The van der Waals surface area contributed by atoms with Gasteiger partial charge in [0, 0.05) is 16.6 Å². The van der Waals surface area contributed by atoms with Crippen LogP contribution in [0.15, 0.2) is 36.4 Å². The highest BCUT2D eigenvalue weighted by atomic mass is 35.5. The number of aliphatic carboxylic acids is 1. The van der Waals surface area contributed by atoms with Crippen molar-refractivity contribution < 1.29 is 28.6 Å². The molecule has 3 heterocycles. The summed E-state index contributed by atoms with van der Waals surface area (Å²) in [5, 5.41) is 9.71. The lowest BCUT2D eigenvalue weighted by molar-refractivity contribution is -0.180. The first kappa shape index (κ1) is 26.5. The van der Waals surface area contributed by atoms with Crippen LogP contribution in [-0.4, -0.2) is 64.9 Å². The van der Waals surface area contributed by atoms with Crippen LogP contribution in [0.2, 0.25) is 5.02 Å². The van der Waals surface area contributed by atoms with E-state index < -0.39 is 17.4 Å². The van der Waals surface area contributed by atoms with E-state index in [1.165, 1.54) is 6.07 Å². The first-order valence-electron chi connectivity index (χ1n) is 13.9. The molecule has 208 valence electrons. The number of hydrogen-bond acceptors (Lipinski definition) is 5. The van der Waals surface area contributed by atoms with Gasteiger partial charge in [0.05, 0.1) is 19.6 Å². The number of rotatable bonds is 6. The smallest absolute Gasteiger partial charge is 0.307 e. The minimum atomic E-state index is -1.03. The second-order valence-electron chi connectivity index (χ2n) is 11.4. The van der Waals surface area contributed by atoms with Crippen molar-refractivity contribution in [3.05, 3.63) is 63.9 Å². The molecule has 0 aromatic heterocycles. The molecular formula is C30H34ClFN2O5. The normalized spacial score (nSPS) is 26.1. The van der Waals surface area contributed by atoms with Gasteiger partial charge in [-0.15, -0.1) is 0 Å². The molecule has 1 aliphatic carbocycles. The van der Waals surface area contributed by atoms with Gasteiger partial charge in [-0.3, -0.25) is 14.5 Å². The van der Waals surface area contributed by atoms with E-state index in [-0.39, 0.29) is 42.5 Å². The third-order valence-electron chi connectivity index (χ3n) is 8.96. The molecule has 0 unspecified atom stereocenters. The average Bonchev–Trinajstić information content (AvgIpc) is 3.80. The largest absolute Gasteiger partial charge is 0.481 e. The highest BCUT2D eigenvalue weighted by molar-refractivity contribution is 6.30. The van der Waals surface area contributed by atoms with Gasteiger partial charge in [0.2, 0.25) is 0 Å². The Morgan fingerprint density at radius 1 is 1.08 bits per heavy atom. The number of carboxylic acids is 1. The molecule has 2 saturated heterocycles. The summed E-state index contributed by atoms with van der Waals surface area (Å²) in [4.78, 5) is 29.2. The van der Waals surface area contributed by atoms with Crippen LogP contribution in [0.1, 0.15) is 61.1 Å². The number of carbonyl (C=O) groups is 2. The Balaban J connectivity index is 1.07. The summed E-state index contributed by atoms with van der Waals surface area (Å²) in [5.74, 6) is -0.147. The number of halogens is 2. The maximum absolute atomic E-state index is 14.1. The highest BCUT2D eigenvalue weighted by Gasteiger charge is 2.56.